The van der Waals surface area contributed by atoms with Gasteiger partial charge < -0.3 is 20.7 Å². The lowest BCUT2D eigenvalue weighted by atomic mass is 9.94. The van der Waals surface area contributed by atoms with Gasteiger partial charge in [0.05, 0.1) is 29.0 Å². The number of pyridine rings is 1. The number of anilines is 2. The Hall–Kier alpha value is -2.55. The van der Waals surface area contributed by atoms with Crippen LogP contribution >= 0.6 is 11.6 Å². The number of hydrogen-bond acceptors (Lipinski definition) is 7. The second-order valence-electron chi connectivity index (χ2n) is 8.29. The van der Waals surface area contributed by atoms with E-state index in [1.54, 1.807) is 18.5 Å². The standard InChI is InChI=1S/C23H29ClN6O2/c1-2-17-4-3-16(11-26-17)23(31)30-21-9-18(19(24)12-28-21)20-13-25-14-22(29-20)27-10-15-5-7-32-8-6-15/h2,9,12-17,26H,1,3-8,10-11H2,(H,27,29)(H,28,30,31)/t16-,17+/m1/s1. The molecular formula is C23H29ClN6O2. The molecule has 2 saturated heterocycles. The maximum Gasteiger partial charge on any atom is 0.229 e. The van der Waals surface area contributed by atoms with E-state index < -0.39 is 0 Å². The maximum absolute atomic E-state index is 12.7. The van der Waals surface area contributed by atoms with Crippen LogP contribution in [0.25, 0.3) is 11.3 Å². The molecule has 0 aromatic carbocycles. The fourth-order valence-corrected chi connectivity index (χ4v) is 4.22. The first-order valence-corrected chi connectivity index (χ1v) is 11.5. The molecule has 2 aliphatic heterocycles. The minimum absolute atomic E-state index is 0.0567. The SMILES string of the molecule is C=C[C@H]1CC[C@@H](C(=O)Nc2cc(-c3cncc(NCC4CCOCC4)n3)c(Cl)cn2)CN1. The van der Waals surface area contributed by atoms with Gasteiger partial charge in [-0.3, -0.25) is 9.78 Å². The van der Waals surface area contributed by atoms with Crippen molar-refractivity contribution in [3.8, 4) is 11.3 Å². The number of hydrogen-bond donors (Lipinski definition) is 3. The first-order valence-electron chi connectivity index (χ1n) is 11.1. The average molecular weight is 457 g/mol. The van der Waals surface area contributed by atoms with E-state index in [1.165, 1.54) is 6.20 Å². The Kier molecular flexibility index (Phi) is 7.68. The van der Waals surface area contributed by atoms with Gasteiger partial charge in [0.2, 0.25) is 5.91 Å². The van der Waals surface area contributed by atoms with Gasteiger partial charge in [-0.1, -0.05) is 17.7 Å². The second kappa shape index (κ2) is 10.8. The number of nitrogens with one attached hydrogen (secondary N) is 3. The Morgan fingerprint density at radius 1 is 1.22 bits per heavy atom. The van der Waals surface area contributed by atoms with Gasteiger partial charge in [0, 0.05) is 44.1 Å². The Morgan fingerprint density at radius 2 is 2.06 bits per heavy atom. The highest BCUT2D eigenvalue weighted by atomic mass is 35.5. The molecule has 0 bridgehead atoms. The summed E-state index contributed by atoms with van der Waals surface area (Å²) in [5, 5.41) is 10.1. The van der Waals surface area contributed by atoms with Crippen LogP contribution in [0.1, 0.15) is 25.7 Å². The summed E-state index contributed by atoms with van der Waals surface area (Å²) >= 11 is 6.40. The highest BCUT2D eigenvalue weighted by molar-refractivity contribution is 6.33. The summed E-state index contributed by atoms with van der Waals surface area (Å²) in [6.45, 7) is 6.87. The fourth-order valence-electron chi connectivity index (χ4n) is 4.02. The molecule has 4 rings (SSSR count). The van der Waals surface area contributed by atoms with Crippen molar-refractivity contribution in [2.45, 2.75) is 31.7 Å². The van der Waals surface area contributed by atoms with E-state index in [0.29, 0.717) is 40.4 Å². The summed E-state index contributed by atoms with van der Waals surface area (Å²) in [4.78, 5) is 25.9. The Balaban J connectivity index is 1.42. The third-order valence-corrected chi connectivity index (χ3v) is 6.34. The van der Waals surface area contributed by atoms with Crippen LogP contribution in [-0.4, -0.2) is 53.2 Å². The Bertz CT molecular complexity index is 942. The van der Waals surface area contributed by atoms with E-state index in [-0.39, 0.29) is 17.9 Å². The molecule has 2 aliphatic rings. The summed E-state index contributed by atoms with van der Waals surface area (Å²) in [6.07, 6.45) is 10.6. The van der Waals surface area contributed by atoms with E-state index in [0.717, 1.165) is 45.4 Å². The molecule has 0 radical (unpaired) electrons. The van der Waals surface area contributed by atoms with Gasteiger partial charge >= 0.3 is 0 Å². The summed E-state index contributed by atoms with van der Waals surface area (Å²) < 4.78 is 5.42. The van der Waals surface area contributed by atoms with Gasteiger partial charge in [0.15, 0.2) is 0 Å². The van der Waals surface area contributed by atoms with E-state index in [4.69, 9.17) is 16.3 Å². The molecular weight excluding hydrogens is 428 g/mol. The summed E-state index contributed by atoms with van der Waals surface area (Å²) in [7, 11) is 0. The van der Waals surface area contributed by atoms with Crippen LogP contribution in [0.4, 0.5) is 11.6 Å². The lowest BCUT2D eigenvalue weighted by molar-refractivity contribution is -0.120. The van der Waals surface area contributed by atoms with E-state index in [2.05, 4.69) is 37.5 Å². The lowest BCUT2D eigenvalue weighted by Crippen LogP contribution is -2.42. The van der Waals surface area contributed by atoms with Gasteiger partial charge in [-0.2, -0.15) is 0 Å². The van der Waals surface area contributed by atoms with Crippen molar-refractivity contribution >= 4 is 29.1 Å². The van der Waals surface area contributed by atoms with Gasteiger partial charge in [-0.15, -0.1) is 6.58 Å². The number of halogens is 1. The normalized spacial score (nSPS) is 21.7. The number of nitrogens with zero attached hydrogens (tertiary/aromatic N) is 3. The fraction of sp³-hybridized carbons (Fsp3) is 0.478. The molecule has 0 aliphatic carbocycles. The van der Waals surface area contributed by atoms with Crippen molar-refractivity contribution < 1.29 is 9.53 Å². The zero-order valence-corrected chi connectivity index (χ0v) is 18.8. The van der Waals surface area contributed by atoms with Crippen LogP contribution in [0.15, 0.2) is 37.3 Å². The van der Waals surface area contributed by atoms with Gasteiger partial charge in [-0.05, 0) is 37.7 Å². The number of rotatable bonds is 7. The van der Waals surface area contributed by atoms with Gasteiger partial charge in [0.1, 0.15) is 11.6 Å². The number of ether oxygens (including phenoxy) is 1. The van der Waals surface area contributed by atoms with Crippen molar-refractivity contribution in [2.75, 3.05) is 36.9 Å². The second-order valence-corrected chi connectivity index (χ2v) is 8.70. The minimum Gasteiger partial charge on any atom is -0.381 e. The van der Waals surface area contributed by atoms with Crippen molar-refractivity contribution in [2.24, 2.45) is 11.8 Å². The van der Waals surface area contributed by atoms with Gasteiger partial charge in [-0.25, -0.2) is 9.97 Å². The third kappa shape index (κ3) is 5.82. The average Bonchev–Trinajstić information content (AvgIpc) is 2.85. The molecule has 2 aromatic heterocycles. The molecule has 8 nitrogen and oxygen atoms in total. The van der Waals surface area contributed by atoms with Crippen LogP contribution < -0.4 is 16.0 Å². The molecule has 9 heteroatoms. The molecule has 0 saturated carbocycles. The molecule has 2 aromatic rings. The van der Waals surface area contributed by atoms with Crippen molar-refractivity contribution in [3.05, 3.63) is 42.3 Å². The zero-order valence-electron chi connectivity index (χ0n) is 18.0. The number of amides is 1. The predicted octanol–water partition coefficient (Wildman–Crippen LogP) is 3.52. The van der Waals surface area contributed by atoms with Crippen molar-refractivity contribution in [3.63, 3.8) is 0 Å². The largest absolute Gasteiger partial charge is 0.381 e. The Labute approximate surface area is 193 Å². The molecule has 1 amide bonds. The summed E-state index contributed by atoms with van der Waals surface area (Å²) in [5.41, 5.74) is 1.30. The van der Waals surface area contributed by atoms with Gasteiger partial charge in [0.25, 0.3) is 0 Å². The summed E-state index contributed by atoms with van der Waals surface area (Å²) in [5.74, 6) is 1.54. The first kappa shape index (κ1) is 22.6. The molecule has 0 unspecified atom stereocenters. The third-order valence-electron chi connectivity index (χ3n) is 6.04. The van der Waals surface area contributed by atoms with E-state index in [1.807, 2.05) is 6.08 Å². The molecule has 2 atom stereocenters. The molecule has 170 valence electrons. The van der Waals surface area contributed by atoms with Crippen LogP contribution in [-0.2, 0) is 9.53 Å². The van der Waals surface area contributed by atoms with Crippen LogP contribution in [0.3, 0.4) is 0 Å². The molecule has 32 heavy (non-hydrogen) atoms. The number of piperidine rings is 1. The van der Waals surface area contributed by atoms with Crippen molar-refractivity contribution in [1.29, 1.82) is 0 Å². The molecule has 4 heterocycles. The highest BCUT2D eigenvalue weighted by Crippen LogP contribution is 2.29. The minimum atomic E-state index is -0.107. The van der Waals surface area contributed by atoms with Crippen LogP contribution in [0.5, 0.6) is 0 Å². The monoisotopic (exact) mass is 456 g/mol. The van der Waals surface area contributed by atoms with E-state index >= 15 is 0 Å². The molecule has 2 fully saturated rings. The first-order chi connectivity index (χ1) is 15.6. The van der Waals surface area contributed by atoms with Crippen molar-refractivity contribution in [1.82, 2.24) is 20.3 Å². The number of carbonyl (C=O) groups excluding carboxylic acids is 1. The maximum atomic E-state index is 12.7. The smallest absolute Gasteiger partial charge is 0.229 e. The lowest BCUT2D eigenvalue weighted by Gasteiger charge is -2.27. The number of carbonyl (C=O) groups is 1. The zero-order chi connectivity index (χ0) is 22.3. The summed E-state index contributed by atoms with van der Waals surface area (Å²) in [6, 6.07) is 2.01. The van der Waals surface area contributed by atoms with Crippen LogP contribution in [0.2, 0.25) is 5.02 Å². The number of aromatic nitrogens is 3. The quantitative estimate of drug-likeness (QED) is 0.548. The molecule has 3 N–H and O–H groups in total. The predicted molar refractivity (Wildman–Crippen MR) is 126 cm³/mol. The topological polar surface area (TPSA) is 101 Å². The Morgan fingerprint density at radius 3 is 2.81 bits per heavy atom. The van der Waals surface area contributed by atoms with E-state index in [9.17, 15) is 4.79 Å². The highest BCUT2D eigenvalue weighted by Gasteiger charge is 2.25. The van der Waals surface area contributed by atoms with Crippen LogP contribution in [0, 0.1) is 11.8 Å². The molecule has 0 spiro atoms.